The first kappa shape index (κ1) is 11.5. The average Bonchev–Trinajstić information content (AvgIpc) is 3.00. The first-order valence-corrected chi connectivity index (χ1v) is 6.35. The van der Waals surface area contributed by atoms with Gasteiger partial charge in [-0.15, -0.1) is 0 Å². The Morgan fingerprint density at radius 2 is 2.28 bits per heavy atom. The summed E-state index contributed by atoms with van der Waals surface area (Å²) < 4.78 is 7.37. The molecule has 2 heterocycles. The molecule has 0 aromatic carbocycles. The molecule has 3 rings (SSSR count). The zero-order chi connectivity index (χ0) is 12.5. The van der Waals surface area contributed by atoms with E-state index >= 15 is 0 Å². The molecule has 0 atom stereocenters. The van der Waals surface area contributed by atoms with Crippen molar-refractivity contribution in [1.82, 2.24) is 19.6 Å². The minimum atomic E-state index is 0.673. The van der Waals surface area contributed by atoms with E-state index in [1.165, 1.54) is 12.8 Å². The van der Waals surface area contributed by atoms with E-state index in [0.717, 1.165) is 30.4 Å². The van der Waals surface area contributed by atoms with Crippen molar-refractivity contribution in [1.29, 1.82) is 0 Å². The summed E-state index contributed by atoms with van der Waals surface area (Å²) in [6.45, 7) is 3.64. The molecule has 1 aliphatic rings. The van der Waals surface area contributed by atoms with E-state index in [1.54, 1.807) is 0 Å². The first-order valence-electron chi connectivity index (χ1n) is 6.35. The Labute approximate surface area is 106 Å². The van der Waals surface area contributed by atoms with Gasteiger partial charge in [-0.05, 0) is 19.8 Å². The van der Waals surface area contributed by atoms with Crippen LogP contribution in [-0.2, 0) is 20.1 Å². The summed E-state index contributed by atoms with van der Waals surface area (Å²) in [7, 11) is 2.03. The summed E-state index contributed by atoms with van der Waals surface area (Å²) >= 11 is 0. The topological polar surface area (TPSA) is 47.1 Å². The number of nitrogens with zero attached hydrogens (tertiary/aromatic N) is 4. The number of aryl methyl sites for hydroxylation is 2. The Kier molecular flexibility index (Phi) is 2.91. The molecular weight excluding hydrogens is 228 g/mol. The Bertz CT molecular complexity index is 527. The molecule has 0 aliphatic heterocycles. The molecule has 1 fully saturated rings. The van der Waals surface area contributed by atoms with E-state index in [0.29, 0.717) is 6.04 Å². The van der Waals surface area contributed by atoms with Gasteiger partial charge >= 0.3 is 0 Å². The van der Waals surface area contributed by atoms with Crippen LogP contribution >= 0.6 is 0 Å². The molecule has 2 aromatic rings. The maximum Gasteiger partial charge on any atom is 0.150 e. The number of aromatic nitrogens is 3. The van der Waals surface area contributed by atoms with Gasteiger partial charge in [0.2, 0.25) is 0 Å². The Morgan fingerprint density at radius 3 is 2.83 bits per heavy atom. The van der Waals surface area contributed by atoms with Crippen molar-refractivity contribution < 1.29 is 4.52 Å². The van der Waals surface area contributed by atoms with Crippen molar-refractivity contribution in [2.24, 2.45) is 7.05 Å². The smallest absolute Gasteiger partial charge is 0.150 e. The maximum atomic E-state index is 5.30. The van der Waals surface area contributed by atoms with Gasteiger partial charge in [0, 0.05) is 31.5 Å². The molecule has 96 valence electrons. The molecular formula is C13H18N4O. The maximum absolute atomic E-state index is 5.30. The summed E-state index contributed by atoms with van der Waals surface area (Å²) in [6, 6.07) is 2.68. The second-order valence-electron chi connectivity index (χ2n) is 5.03. The van der Waals surface area contributed by atoms with Crippen LogP contribution in [0.2, 0.25) is 0 Å². The van der Waals surface area contributed by atoms with Crippen LogP contribution in [0.1, 0.15) is 30.1 Å². The molecule has 5 heteroatoms. The third-order valence-corrected chi connectivity index (χ3v) is 3.36. The highest BCUT2D eigenvalue weighted by molar-refractivity contribution is 5.04. The molecule has 0 radical (unpaired) electrons. The van der Waals surface area contributed by atoms with Crippen LogP contribution in [0.5, 0.6) is 0 Å². The predicted octanol–water partition coefficient (Wildman–Crippen LogP) is 1.88. The molecule has 5 nitrogen and oxygen atoms in total. The van der Waals surface area contributed by atoms with Gasteiger partial charge in [-0.2, -0.15) is 0 Å². The third-order valence-electron chi connectivity index (χ3n) is 3.36. The Hall–Kier alpha value is -1.62. The number of hydrogen-bond acceptors (Lipinski definition) is 4. The first-order chi connectivity index (χ1) is 8.72. The second-order valence-corrected chi connectivity index (χ2v) is 5.03. The largest absolute Gasteiger partial charge is 0.360 e. The van der Waals surface area contributed by atoms with Crippen molar-refractivity contribution in [3.63, 3.8) is 0 Å². The molecule has 0 bridgehead atoms. The third kappa shape index (κ3) is 2.46. The lowest BCUT2D eigenvalue weighted by Crippen LogP contribution is -2.26. The van der Waals surface area contributed by atoms with Crippen LogP contribution in [0.15, 0.2) is 23.0 Å². The summed E-state index contributed by atoms with van der Waals surface area (Å²) in [5.74, 6) is 2.03. The molecule has 0 amide bonds. The number of hydrogen-bond donors (Lipinski definition) is 0. The quantitative estimate of drug-likeness (QED) is 0.808. The Morgan fingerprint density at radius 1 is 1.44 bits per heavy atom. The molecule has 2 aromatic heterocycles. The SMILES string of the molecule is Cc1cc(CN(Cc2nccn2C)C2CC2)on1. The highest BCUT2D eigenvalue weighted by atomic mass is 16.5. The van der Waals surface area contributed by atoms with Crippen molar-refractivity contribution in [3.8, 4) is 0 Å². The van der Waals surface area contributed by atoms with Gasteiger partial charge in [-0.1, -0.05) is 5.16 Å². The van der Waals surface area contributed by atoms with Gasteiger partial charge in [0.25, 0.3) is 0 Å². The number of imidazole rings is 1. The van der Waals surface area contributed by atoms with Crippen LogP contribution in [0.4, 0.5) is 0 Å². The van der Waals surface area contributed by atoms with Gasteiger partial charge in [0.05, 0.1) is 18.8 Å². The minimum absolute atomic E-state index is 0.673. The van der Waals surface area contributed by atoms with Crippen LogP contribution in [-0.4, -0.2) is 25.6 Å². The molecule has 1 saturated carbocycles. The highest BCUT2D eigenvalue weighted by Crippen LogP contribution is 2.29. The summed E-state index contributed by atoms with van der Waals surface area (Å²) in [5, 5.41) is 3.94. The lowest BCUT2D eigenvalue weighted by molar-refractivity contribution is 0.207. The van der Waals surface area contributed by atoms with E-state index in [9.17, 15) is 0 Å². The highest BCUT2D eigenvalue weighted by Gasteiger charge is 2.30. The van der Waals surface area contributed by atoms with E-state index in [1.807, 2.05) is 32.4 Å². The zero-order valence-corrected chi connectivity index (χ0v) is 10.8. The molecule has 0 N–H and O–H groups in total. The average molecular weight is 246 g/mol. The van der Waals surface area contributed by atoms with E-state index in [4.69, 9.17) is 4.52 Å². The Balaban J connectivity index is 1.71. The van der Waals surface area contributed by atoms with Crippen molar-refractivity contribution in [2.45, 2.75) is 38.9 Å². The molecule has 1 aliphatic carbocycles. The van der Waals surface area contributed by atoms with Crippen LogP contribution < -0.4 is 0 Å². The second kappa shape index (κ2) is 4.57. The van der Waals surface area contributed by atoms with Crippen molar-refractivity contribution in [2.75, 3.05) is 0 Å². The summed E-state index contributed by atoms with van der Waals surface area (Å²) in [6.07, 6.45) is 6.38. The monoisotopic (exact) mass is 246 g/mol. The predicted molar refractivity (Wildman–Crippen MR) is 66.7 cm³/mol. The molecule has 0 saturated heterocycles. The molecule has 18 heavy (non-hydrogen) atoms. The van der Waals surface area contributed by atoms with Gasteiger partial charge < -0.3 is 9.09 Å². The van der Waals surface area contributed by atoms with Crippen molar-refractivity contribution in [3.05, 3.63) is 35.7 Å². The van der Waals surface area contributed by atoms with E-state index < -0.39 is 0 Å². The van der Waals surface area contributed by atoms with Gasteiger partial charge in [0.15, 0.2) is 5.76 Å². The van der Waals surface area contributed by atoms with Gasteiger partial charge in [0.1, 0.15) is 5.82 Å². The fraction of sp³-hybridized carbons (Fsp3) is 0.538. The van der Waals surface area contributed by atoms with Gasteiger partial charge in [-0.3, -0.25) is 4.90 Å². The van der Waals surface area contributed by atoms with Crippen molar-refractivity contribution >= 4 is 0 Å². The summed E-state index contributed by atoms with van der Waals surface area (Å²) in [4.78, 5) is 6.81. The minimum Gasteiger partial charge on any atom is -0.360 e. The molecule has 0 unspecified atom stereocenters. The van der Waals surface area contributed by atoms with E-state index in [2.05, 4.69) is 19.6 Å². The zero-order valence-electron chi connectivity index (χ0n) is 10.8. The molecule has 0 spiro atoms. The standard InChI is InChI=1S/C13H18N4O/c1-10-7-12(18-15-10)8-17(11-3-4-11)9-13-14-5-6-16(13)2/h5-7,11H,3-4,8-9H2,1-2H3. The number of rotatable bonds is 5. The van der Waals surface area contributed by atoms with Crippen LogP contribution in [0, 0.1) is 6.92 Å². The fourth-order valence-electron chi connectivity index (χ4n) is 2.18. The summed E-state index contributed by atoms with van der Waals surface area (Å²) in [5.41, 5.74) is 0.942. The lowest BCUT2D eigenvalue weighted by Gasteiger charge is -2.19. The normalized spacial score (nSPS) is 15.5. The van der Waals surface area contributed by atoms with E-state index in [-0.39, 0.29) is 0 Å². The lowest BCUT2D eigenvalue weighted by atomic mass is 10.3. The van der Waals surface area contributed by atoms with Crippen LogP contribution in [0.3, 0.4) is 0 Å². The van der Waals surface area contributed by atoms with Gasteiger partial charge in [-0.25, -0.2) is 4.98 Å². The fourth-order valence-corrected chi connectivity index (χ4v) is 2.18. The van der Waals surface area contributed by atoms with Crippen LogP contribution in [0.25, 0.3) is 0 Å².